The van der Waals surface area contributed by atoms with Crippen molar-refractivity contribution in [2.45, 2.75) is 53.6 Å². The first-order valence-electron chi connectivity index (χ1n) is 5.62. The lowest BCUT2D eigenvalue weighted by atomic mass is 10.1. The quantitative estimate of drug-likeness (QED) is 0.526. The minimum atomic E-state index is -0.382. The van der Waals surface area contributed by atoms with Gasteiger partial charge in [-0.1, -0.05) is 32.9 Å². The third kappa shape index (κ3) is 8.22. The number of carbonyl (C=O) groups excluding carboxylic acids is 1. The largest absolute Gasteiger partial charge is 0.460 e. The van der Waals surface area contributed by atoms with Gasteiger partial charge in [-0.3, -0.25) is 4.79 Å². The van der Waals surface area contributed by atoms with Crippen LogP contribution in [-0.4, -0.2) is 11.6 Å². The maximum Gasteiger partial charge on any atom is 0.309 e. The van der Waals surface area contributed by atoms with Crippen LogP contribution in [0.2, 0.25) is 0 Å². The van der Waals surface area contributed by atoms with Gasteiger partial charge in [0.1, 0.15) is 5.60 Å². The zero-order valence-electron chi connectivity index (χ0n) is 10.8. The van der Waals surface area contributed by atoms with Crippen LogP contribution in [0.1, 0.15) is 48.0 Å². The van der Waals surface area contributed by atoms with Crippen molar-refractivity contribution < 1.29 is 9.53 Å². The molecule has 0 aromatic carbocycles. The highest BCUT2D eigenvalue weighted by Gasteiger charge is 2.20. The van der Waals surface area contributed by atoms with Crippen LogP contribution in [0.15, 0.2) is 12.2 Å². The monoisotopic (exact) mass is 212 g/mol. The van der Waals surface area contributed by atoms with Crippen molar-refractivity contribution in [1.29, 1.82) is 0 Å². The SMILES string of the molecule is CC(C)/C=C\CC(C)C(=O)OC(C)(C)C. The Balaban J connectivity index is 4.00. The van der Waals surface area contributed by atoms with E-state index >= 15 is 0 Å². The molecule has 0 aromatic rings. The molecule has 0 rings (SSSR count). The highest BCUT2D eigenvalue weighted by molar-refractivity contribution is 5.72. The topological polar surface area (TPSA) is 26.3 Å². The van der Waals surface area contributed by atoms with Crippen molar-refractivity contribution in [3.8, 4) is 0 Å². The molecule has 15 heavy (non-hydrogen) atoms. The fraction of sp³-hybridized carbons (Fsp3) is 0.769. The van der Waals surface area contributed by atoms with Crippen LogP contribution >= 0.6 is 0 Å². The Morgan fingerprint density at radius 2 is 1.80 bits per heavy atom. The molecule has 0 fully saturated rings. The van der Waals surface area contributed by atoms with E-state index in [-0.39, 0.29) is 17.5 Å². The number of rotatable bonds is 4. The lowest BCUT2D eigenvalue weighted by Gasteiger charge is -2.21. The molecule has 0 spiro atoms. The van der Waals surface area contributed by atoms with E-state index in [1.54, 1.807) is 0 Å². The Bertz CT molecular complexity index is 221. The Morgan fingerprint density at radius 1 is 1.27 bits per heavy atom. The molecule has 0 bridgehead atoms. The summed E-state index contributed by atoms with van der Waals surface area (Å²) in [6.45, 7) is 11.8. The molecule has 0 aliphatic carbocycles. The van der Waals surface area contributed by atoms with Gasteiger partial charge in [-0.05, 0) is 33.1 Å². The minimum absolute atomic E-state index is 0.0563. The van der Waals surface area contributed by atoms with Crippen molar-refractivity contribution in [1.82, 2.24) is 0 Å². The molecule has 2 nitrogen and oxygen atoms in total. The fourth-order valence-corrected chi connectivity index (χ4v) is 1.05. The molecular formula is C13H24O2. The molecule has 1 unspecified atom stereocenters. The number of esters is 1. The van der Waals surface area contributed by atoms with Crippen LogP contribution in [0, 0.1) is 11.8 Å². The van der Waals surface area contributed by atoms with Gasteiger partial charge in [-0.2, -0.15) is 0 Å². The summed E-state index contributed by atoms with van der Waals surface area (Å²) in [5, 5.41) is 0. The summed E-state index contributed by atoms with van der Waals surface area (Å²) in [4.78, 5) is 11.6. The van der Waals surface area contributed by atoms with Gasteiger partial charge < -0.3 is 4.74 Å². The molecule has 88 valence electrons. The average Bonchev–Trinajstić information content (AvgIpc) is 1.99. The molecule has 0 aliphatic rings. The Hall–Kier alpha value is -0.790. The summed E-state index contributed by atoms with van der Waals surface area (Å²) in [5.74, 6) is 0.367. The van der Waals surface area contributed by atoms with Crippen LogP contribution in [0.25, 0.3) is 0 Å². The molecule has 0 radical (unpaired) electrons. The van der Waals surface area contributed by atoms with E-state index in [2.05, 4.69) is 26.0 Å². The molecular weight excluding hydrogens is 188 g/mol. The number of ether oxygens (including phenoxy) is 1. The molecule has 0 saturated carbocycles. The number of hydrogen-bond donors (Lipinski definition) is 0. The van der Waals surface area contributed by atoms with Gasteiger partial charge in [-0.15, -0.1) is 0 Å². The third-order valence-electron chi connectivity index (χ3n) is 1.82. The fourth-order valence-electron chi connectivity index (χ4n) is 1.05. The Kier molecular flexibility index (Phi) is 5.63. The van der Waals surface area contributed by atoms with Crippen LogP contribution in [0.5, 0.6) is 0 Å². The highest BCUT2D eigenvalue weighted by atomic mass is 16.6. The molecule has 0 aromatic heterocycles. The van der Waals surface area contributed by atoms with E-state index in [1.165, 1.54) is 0 Å². The van der Waals surface area contributed by atoms with Gasteiger partial charge in [0.25, 0.3) is 0 Å². The second-order valence-corrected chi connectivity index (χ2v) is 5.34. The average molecular weight is 212 g/mol. The predicted molar refractivity (Wildman–Crippen MR) is 63.6 cm³/mol. The molecule has 0 aliphatic heterocycles. The summed E-state index contributed by atoms with van der Waals surface area (Å²) in [6.07, 6.45) is 4.92. The first kappa shape index (κ1) is 14.2. The zero-order valence-corrected chi connectivity index (χ0v) is 10.8. The maximum absolute atomic E-state index is 11.6. The number of hydrogen-bond acceptors (Lipinski definition) is 2. The van der Waals surface area contributed by atoms with E-state index < -0.39 is 0 Å². The molecule has 2 heteroatoms. The van der Waals surface area contributed by atoms with Crippen LogP contribution in [0.4, 0.5) is 0 Å². The summed E-state index contributed by atoms with van der Waals surface area (Å²) >= 11 is 0. The molecule has 1 atom stereocenters. The van der Waals surface area contributed by atoms with E-state index in [1.807, 2.05) is 27.7 Å². The van der Waals surface area contributed by atoms with Gasteiger partial charge in [-0.25, -0.2) is 0 Å². The molecule has 0 N–H and O–H groups in total. The maximum atomic E-state index is 11.6. The van der Waals surface area contributed by atoms with Crippen molar-refractivity contribution in [3.05, 3.63) is 12.2 Å². The van der Waals surface area contributed by atoms with Crippen molar-refractivity contribution >= 4 is 5.97 Å². The second kappa shape index (κ2) is 5.94. The Labute approximate surface area is 93.7 Å². The Morgan fingerprint density at radius 3 is 2.20 bits per heavy atom. The first-order valence-corrected chi connectivity index (χ1v) is 5.62. The van der Waals surface area contributed by atoms with Gasteiger partial charge in [0.2, 0.25) is 0 Å². The highest BCUT2D eigenvalue weighted by Crippen LogP contribution is 2.14. The summed E-state index contributed by atoms with van der Waals surface area (Å²) in [6, 6.07) is 0. The van der Waals surface area contributed by atoms with Crippen LogP contribution < -0.4 is 0 Å². The number of allylic oxidation sites excluding steroid dienone is 2. The van der Waals surface area contributed by atoms with Gasteiger partial charge in [0.15, 0.2) is 0 Å². The van der Waals surface area contributed by atoms with E-state index in [0.717, 1.165) is 6.42 Å². The molecule has 0 heterocycles. The summed E-state index contributed by atoms with van der Waals surface area (Å²) in [7, 11) is 0. The smallest absolute Gasteiger partial charge is 0.309 e. The van der Waals surface area contributed by atoms with E-state index in [9.17, 15) is 4.79 Å². The van der Waals surface area contributed by atoms with Crippen molar-refractivity contribution in [2.75, 3.05) is 0 Å². The van der Waals surface area contributed by atoms with Crippen molar-refractivity contribution in [2.24, 2.45) is 11.8 Å². The standard InChI is InChI=1S/C13H24O2/c1-10(2)8-7-9-11(3)12(14)15-13(4,5)6/h7-8,10-11H,9H2,1-6H3/b8-7-. The van der Waals surface area contributed by atoms with E-state index in [4.69, 9.17) is 4.74 Å². The molecule has 0 amide bonds. The summed E-state index contributed by atoms with van der Waals surface area (Å²) in [5.41, 5.74) is -0.382. The summed E-state index contributed by atoms with van der Waals surface area (Å²) < 4.78 is 5.28. The molecule has 0 saturated heterocycles. The van der Waals surface area contributed by atoms with E-state index in [0.29, 0.717) is 5.92 Å². The zero-order chi connectivity index (χ0) is 12.1. The van der Waals surface area contributed by atoms with Crippen LogP contribution in [-0.2, 0) is 9.53 Å². The minimum Gasteiger partial charge on any atom is -0.460 e. The lowest BCUT2D eigenvalue weighted by Crippen LogP contribution is -2.27. The third-order valence-corrected chi connectivity index (χ3v) is 1.82. The van der Waals surface area contributed by atoms with Crippen LogP contribution in [0.3, 0.4) is 0 Å². The predicted octanol–water partition coefficient (Wildman–Crippen LogP) is 3.57. The normalized spacial score (nSPS) is 14.6. The van der Waals surface area contributed by atoms with Gasteiger partial charge in [0, 0.05) is 0 Å². The second-order valence-electron chi connectivity index (χ2n) is 5.34. The number of carbonyl (C=O) groups is 1. The van der Waals surface area contributed by atoms with Gasteiger partial charge >= 0.3 is 5.97 Å². The van der Waals surface area contributed by atoms with Gasteiger partial charge in [0.05, 0.1) is 5.92 Å². The lowest BCUT2D eigenvalue weighted by molar-refractivity contribution is -0.159. The van der Waals surface area contributed by atoms with Crippen molar-refractivity contribution in [3.63, 3.8) is 0 Å². The first-order chi connectivity index (χ1) is 6.72.